The fourth-order valence-electron chi connectivity index (χ4n) is 2.38. The average Bonchev–Trinajstić information content (AvgIpc) is 2.48. The molecule has 0 spiro atoms. The topological polar surface area (TPSA) is 67.6 Å². The quantitative estimate of drug-likeness (QED) is 0.848. The number of carbonyl (C=O) groups excluding carboxylic acids is 1. The maximum atomic E-state index is 12.1. The van der Waals surface area contributed by atoms with Crippen molar-refractivity contribution in [2.24, 2.45) is 5.73 Å². The zero-order valence-electron chi connectivity index (χ0n) is 12.0. The highest BCUT2D eigenvalue weighted by Crippen LogP contribution is 2.12. The molecule has 0 bridgehead atoms. The molecule has 1 aliphatic rings. The number of ether oxygens (including phenoxy) is 1. The number of hydrogen-bond acceptors (Lipinski definition) is 4. The molecule has 0 radical (unpaired) electrons. The van der Waals surface area contributed by atoms with Gasteiger partial charge in [0.1, 0.15) is 0 Å². The lowest BCUT2D eigenvalue weighted by Gasteiger charge is -2.34. The van der Waals surface area contributed by atoms with Crippen LogP contribution in [0.2, 0.25) is 0 Å². The number of rotatable bonds is 5. The van der Waals surface area contributed by atoms with E-state index in [1.165, 1.54) is 0 Å². The number of nitrogens with two attached hydrogens (primary N) is 1. The molecule has 1 fully saturated rings. The van der Waals surface area contributed by atoms with Crippen molar-refractivity contribution in [1.82, 2.24) is 4.90 Å². The van der Waals surface area contributed by atoms with Crippen molar-refractivity contribution in [3.8, 4) is 0 Å². The standard InChI is InChI=1S/C15H23N3O2/c1-2-14-11-20-8-7-18(14)10-15(19)17-13-5-3-12(9-16)4-6-13/h3-6,14H,2,7-11,16H2,1H3,(H,17,19). The highest BCUT2D eigenvalue weighted by Gasteiger charge is 2.23. The van der Waals surface area contributed by atoms with Gasteiger partial charge in [0.05, 0.1) is 19.8 Å². The fraction of sp³-hybridized carbons (Fsp3) is 0.533. The smallest absolute Gasteiger partial charge is 0.238 e. The fourth-order valence-corrected chi connectivity index (χ4v) is 2.38. The van der Waals surface area contributed by atoms with Crippen molar-refractivity contribution >= 4 is 11.6 Å². The summed E-state index contributed by atoms with van der Waals surface area (Å²) in [5, 5.41) is 2.92. The first-order chi connectivity index (χ1) is 9.72. The minimum absolute atomic E-state index is 0.0193. The van der Waals surface area contributed by atoms with Gasteiger partial charge in [-0.3, -0.25) is 9.69 Å². The van der Waals surface area contributed by atoms with Crippen LogP contribution in [-0.4, -0.2) is 43.2 Å². The summed E-state index contributed by atoms with van der Waals surface area (Å²) in [5.74, 6) is 0.0193. The highest BCUT2D eigenvalue weighted by molar-refractivity contribution is 5.92. The average molecular weight is 277 g/mol. The monoisotopic (exact) mass is 277 g/mol. The second-order valence-corrected chi connectivity index (χ2v) is 5.06. The number of carbonyl (C=O) groups is 1. The van der Waals surface area contributed by atoms with E-state index < -0.39 is 0 Å². The Morgan fingerprint density at radius 2 is 2.20 bits per heavy atom. The van der Waals surface area contributed by atoms with Crippen LogP contribution in [0.4, 0.5) is 5.69 Å². The Labute approximate surface area is 120 Å². The maximum Gasteiger partial charge on any atom is 0.238 e. The van der Waals surface area contributed by atoms with Crippen LogP contribution >= 0.6 is 0 Å². The molecule has 1 atom stereocenters. The zero-order valence-corrected chi connectivity index (χ0v) is 12.0. The summed E-state index contributed by atoms with van der Waals surface area (Å²) in [6.45, 7) is 5.29. The SMILES string of the molecule is CCC1COCCN1CC(=O)Nc1ccc(CN)cc1. The van der Waals surface area contributed by atoms with Crippen molar-refractivity contribution in [2.45, 2.75) is 25.9 Å². The van der Waals surface area contributed by atoms with Gasteiger partial charge < -0.3 is 15.8 Å². The largest absolute Gasteiger partial charge is 0.378 e. The van der Waals surface area contributed by atoms with Gasteiger partial charge in [-0.05, 0) is 24.1 Å². The second kappa shape index (κ2) is 7.38. The van der Waals surface area contributed by atoms with Crippen LogP contribution in [-0.2, 0) is 16.1 Å². The van der Waals surface area contributed by atoms with Gasteiger partial charge in [0.15, 0.2) is 0 Å². The van der Waals surface area contributed by atoms with Crippen molar-refractivity contribution in [3.63, 3.8) is 0 Å². The van der Waals surface area contributed by atoms with Crippen LogP contribution in [0.15, 0.2) is 24.3 Å². The number of hydrogen-bond donors (Lipinski definition) is 2. The van der Waals surface area contributed by atoms with E-state index in [0.29, 0.717) is 25.7 Å². The van der Waals surface area contributed by atoms with E-state index in [1.54, 1.807) is 0 Å². The Bertz CT molecular complexity index is 433. The van der Waals surface area contributed by atoms with Crippen LogP contribution in [0.25, 0.3) is 0 Å². The molecule has 5 nitrogen and oxygen atoms in total. The van der Waals surface area contributed by atoms with Gasteiger partial charge in [0, 0.05) is 24.8 Å². The maximum absolute atomic E-state index is 12.1. The molecule has 1 unspecified atom stereocenters. The number of amides is 1. The molecule has 1 aromatic rings. The zero-order chi connectivity index (χ0) is 14.4. The number of nitrogens with one attached hydrogen (secondary N) is 1. The Morgan fingerprint density at radius 3 is 2.85 bits per heavy atom. The lowest BCUT2D eigenvalue weighted by atomic mass is 10.1. The van der Waals surface area contributed by atoms with Crippen LogP contribution < -0.4 is 11.1 Å². The van der Waals surface area contributed by atoms with Crippen LogP contribution in [0.1, 0.15) is 18.9 Å². The normalized spacial score (nSPS) is 19.8. The molecule has 0 saturated carbocycles. The summed E-state index contributed by atoms with van der Waals surface area (Å²) >= 11 is 0. The summed E-state index contributed by atoms with van der Waals surface area (Å²) in [7, 11) is 0. The van der Waals surface area contributed by atoms with Gasteiger partial charge in [0.25, 0.3) is 0 Å². The minimum atomic E-state index is 0.0193. The third kappa shape index (κ3) is 4.03. The number of anilines is 1. The number of nitrogens with zero attached hydrogens (tertiary/aromatic N) is 1. The summed E-state index contributed by atoms with van der Waals surface area (Å²) in [5.41, 5.74) is 7.42. The first-order valence-corrected chi connectivity index (χ1v) is 7.13. The predicted octanol–water partition coefficient (Wildman–Crippen LogP) is 1.19. The Balaban J connectivity index is 1.87. The highest BCUT2D eigenvalue weighted by atomic mass is 16.5. The predicted molar refractivity (Wildman–Crippen MR) is 79.4 cm³/mol. The van der Waals surface area contributed by atoms with Gasteiger partial charge in [0.2, 0.25) is 5.91 Å². The minimum Gasteiger partial charge on any atom is -0.378 e. The van der Waals surface area contributed by atoms with Gasteiger partial charge >= 0.3 is 0 Å². The summed E-state index contributed by atoms with van der Waals surface area (Å²) < 4.78 is 5.44. The van der Waals surface area contributed by atoms with Crippen molar-refractivity contribution in [1.29, 1.82) is 0 Å². The van der Waals surface area contributed by atoms with Crippen molar-refractivity contribution < 1.29 is 9.53 Å². The van der Waals surface area contributed by atoms with Crippen LogP contribution in [0.3, 0.4) is 0 Å². The molecule has 2 rings (SSSR count). The van der Waals surface area contributed by atoms with E-state index in [4.69, 9.17) is 10.5 Å². The summed E-state index contributed by atoms with van der Waals surface area (Å²) in [6.07, 6.45) is 0.998. The second-order valence-electron chi connectivity index (χ2n) is 5.06. The molecule has 1 aromatic carbocycles. The van der Waals surface area contributed by atoms with E-state index in [9.17, 15) is 4.79 Å². The molecular formula is C15H23N3O2. The van der Waals surface area contributed by atoms with E-state index in [0.717, 1.165) is 30.8 Å². The Kier molecular flexibility index (Phi) is 5.52. The molecule has 1 saturated heterocycles. The summed E-state index contributed by atoms with van der Waals surface area (Å²) in [4.78, 5) is 14.3. The third-order valence-electron chi connectivity index (χ3n) is 3.64. The molecule has 1 heterocycles. The summed E-state index contributed by atoms with van der Waals surface area (Å²) in [6, 6.07) is 7.97. The lowest BCUT2D eigenvalue weighted by molar-refractivity contribution is -0.119. The molecule has 3 N–H and O–H groups in total. The molecule has 5 heteroatoms. The molecule has 1 amide bonds. The Hall–Kier alpha value is -1.43. The molecule has 0 aliphatic carbocycles. The third-order valence-corrected chi connectivity index (χ3v) is 3.64. The molecule has 1 aliphatic heterocycles. The van der Waals surface area contributed by atoms with Crippen LogP contribution in [0, 0.1) is 0 Å². The van der Waals surface area contributed by atoms with Crippen molar-refractivity contribution in [2.75, 3.05) is 31.6 Å². The first kappa shape index (κ1) is 15.0. The lowest BCUT2D eigenvalue weighted by Crippen LogP contribution is -2.48. The molecular weight excluding hydrogens is 254 g/mol. The molecule has 20 heavy (non-hydrogen) atoms. The first-order valence-electron chi connectivity index (χ1n) is 7.13. The van der Waals surface area contributed by atoms with Gasteiger partial charge in [-0.25, -0.2) is 0 Å². The van der Waals surface area contributed by atoms with Gasteiger partial charge in [-0.1, -0.05) is 19.1 Å². The van der Waals surface area contributed by atoms with E-state index >= 15 is 0 Å². The Morgan fingerprint density at radius 1 is 1.45 bits per heavy atom. The van der Waals surface area contributed by atoms with E-state index in [1.807, 2.05) is 24.3 Å². The van der Waals surface area contributed by atoms with E-state index in [2.05, 4.69) is 17.1 Å². The van der Waals surface area contributed by atoms with Crippen molar-refractivity contribution in [3.05, 3.63) is 29.8 Å². The number of benzene rings is 1. The molecule has 0 aromatic heterocycles. The molecule has 110 valence electrons. The number of morpholine rings is 1. The van der Waals surface area contributed by atoms with Crippen LogP contribution in [0.5, 0.6) is 0 Å². The van der Waals surface area contributed by atoms with Gasteiger partial charge in [-0.2, -0.15) is 0 Å². The van der Waals surface area contributed by atoms with E-state index in [-0.39, 0.29) is 5.91 Å². The van der Waals surface area contributed by atoms with Gasteiger partial charge in [-0.15, -0.1) is 0 Å².